The van der Waals surface area contributed by atoms with Gasteiger partial charge >= 0.3 is 6.18 Å². The topological polar surface area (TPSA) is 102 Å². The summed E-state index contributed by atoms with van der Waals surface area (Å²) >= 11 is 0. The Balaban J connectivity index is 1.21. The SMILES string of the molecule is CN1CCC(N(C)C(=O)c2ccc(Nc3ncc(C(F)(F)F)c(N[C@@H]4CC[C@H](C(=O)NCc5ccccc5)C4)n3)cc2)CC1. The molecule has 234 valence electrons. The first kappa shape index (κ1) is 31.2. The molecule has 2 aromatic carbocycles. The number of benzene rings is 2. The summed E-state index contributed by atoms with van der Waals surface area (Å²) in [4.78, 5) is 37.8. The Hall–Kier alpha value is -4.19. The van der Waals surface area contributed by atoms with Crippen molar-refractivity contribution in [1.82, 2.24) is 25.1 Å². The number of rotatable bonds is 9. The molecular weight excluding hydrogens is 571 g/mol. The molecule has 12 heteroatoms. The monoisotopic (exact) mass is 609 g/mol. The molecule has 1 aliphatic carbocycles. The molecule has 1 saturated heterocycles. The summed E-state index contributed by atoms with van der Waals surface area (Å²) in [7, 11) is 3.89. The predicted octanol–water partition coefficient (Wildman–Crippen LogP) is 5.30. The van der Waals surface area contributed by atoms with Gasteiger partial charge in [0.25, 0.3) is 5.91 Å². The lowest BCUT2D eigenvalue weighted by atomic mass is 10.0. The Morgan fingerprint density at radius 2 is 1.70 bits per heavy atom. The minimum atomic E-state index is -4.66. The summed E-state index contributed by atoms with van der Waals surface area (Å²) in [5, 5.41) is 8.80. The number of piperidine rings is 1. The number of hydrogen-bond donors (Lipinski definition) is 3. The molecule has 0 bridgehead atoms. The van der Waals surface area contributed by atoms with Gasteiger partial charge in [0.2, 0.25) is 11.9 Å². The molecule has 2 amide bonds. The van der Waals surface area contributed by atoms with Gasteiger partial charge in [0.1, 0.15) is 11.4 Å². The Kier molecular flexibility index (Phi) is 9.68. The highest BCUT2D eigenvalue weighted by atomic mass is 19.4. The molecule has 1 aliphatic heterocycles. The van der Waals surface area contributed by atoms with Crippen LogP contribution in [0.4, 0.5) is 30.6 Å². The lowest BCUT2D eigenvalue weighted by Gasteiger charge is -2.35. The zero-order chi connectivity index (χ0) is 31.3. The quantitative estimate of drug-likeness (QED) is 0.303. The second kappa shape index (κ2) is 13.6. The lowest BCUT2D eigenvalue weighted by Crippen LogP contribution is -2.44. The average Bonchev–Trinajstić information content (AvgIpc) is 3.48. The molecule has 0 radical (unpaired) electrons. The van der Waals surface area contributed by atoms with Gasteiger partial charge in [0.05, 0.1) is 0 Å². The van der Waals surface area contributed by atoms with Crippen LogP contribution in [-0.2, 0) is 17.5 Å². The minimum Gasteiger partial charge on any atom is -0.367 e. The summed E-state index contributed by atoms with van der Waals surface area (Å²) in [5.41, 5.74) is 1.06. The second-order valence-electron chi connectivity index (χ2n) is 11.7. The maximum atomic E-state index is 13.8. The van der Waals surface area contributed by atoms with Gasteiger partial charge in [-0.2, -0.15) is 18.2 Å². The molecule has 3 aromatic rings. The van der Waals surface area contributed by atoms with E-state index in [1.54, 1.807) is 29.2 Å². The van der Waals surface area contributed by atoms with E-state index in [0.29, 0.717) is 37.1 Å². The van der Waals surface area contributed by atoms with E-state index < -0.39 is 11.7 Å². The van der Waals surface area contributed by atoms with E-state index in [9.17, 15) is 22.8 Å². The van der Waals surface area contributed by atoms with E-state index in [1.807, 2.05) is 37.4 Å². The maximum absolute atomic E-state index is 13.8. The molecular formula is C32H38F3N7O2. The molecule has 2 atom stereocenters. The molecule has 5 rings (SSSR count). The molecule has 2 heterocycles. The zero-order valence-electron chi connectivity index (χ0n) is 24.9. The number of carbonyl (C=O) groups is 2. The van der Waals surface area contributed by atoms with Crippen molar-refractivity contribution in [3.63, 3.8) is 0 Å². The largest absolute Gasteiger partial charge is 0.421 e. The van der Waals surface area contributed by atoms with E-state index in [-0.39, 0.29) is 41.6 Å². The molecule has 2 fully saturated rings. The summed E-state index contributed by atoms with van der Waals surface area (Å²) in [6.45, 7) is 2.29. The number of likely N-dealkylation sites (tertiary alicyclic amines) is 1. The van der Waals surface area contributed by atoms with Crippen LogP contribution in [0.25, 0.3) is 0 Å². The summed E-state index contributed by atoms with van der Waals surface area (Å²) in [5.74, 6) is -0.842. The van der Waals surface area contributed by atoms with Gasteiger partial charge in [0.15, 0.2) is 0 Å². The van der Waals surface area contributed by atoms with E-state index in [4.69, 9.17) is 0 Å². The number of nitrogens with zero attached hydrogens (tertiary/aromatic N) is 4. The first-order valence-corrected chi connectivity index (χ1v) is 14.9. The van der Waals surface area contributed by atoms with Crippen molar-refractivity contribution in [2.45, 2.75) is 56.9 Å². The van der Waals surface area contributed by atoms with Crippen LogP contribution in [0.3, 0.4) is 0 Å². The van der Waals surface area contributed by atoms with Crippen molar-refractivity contribution in [1.29, 1.82) is 0 Å². The van der Waals surface area contributed by atoms with Crippen LogP contribution in [0.1, 0.15) is 53.6 Å². The Bertz CT molecular complexity index is 1430. The van der Waals surface area contributed by atoms with Gasteiger partial charge in [-0.3, -0.25) is 9.59 Å². The Morgan fingerprint density at radius 3 is 2.39 bits per heavy atom. The zero-order valence-corrected chi connectivity index (χ0v) is 24.9. The second-order valence-corrected chi connectivity index (χ2v) is 11.7. The van der Waals surface area contributed by atoms with Crippen LogP contribution >= 0.6 is 0 Å². The highest BCUT2D eigenvalue weighted by Crippen LogP contribution is 2.36. The third kappa shape index (κ3) is 7.85. The van der Waals surface area contributed by atoms with Crippen LogP contribution in [0.2, 0.25) is 0 Å². The number of aromatic nitrogens is 2. The van der Waals surface area contributed by atoms with Crippen LogP contribution in [-0.4, -0.2) is 70.9 Å². The fraction of sp³-hybridized carbons (Fsp3) is 0.438. The van der Waals surface area contributed by atoms with Gasteiger partial charge in [-0.1, -0.05) is 30.3 Å². The molecule has 1 saturated carbocycles. The summed E-state index contributed by atoms with van der Waals surface area (Å²) in [6.07, 6.45) is -0.570. The number of anilines is 3. The highest BCUT2D eigenvalue weighted by molar-refractivity contribution is 5.94. The summed E-state index contributed by atoms with van der Waals surface area (Å²) < 4.78 is 41.5. The van der Waals surface area contributed by atoms with Crippen LogP contribution in [0, 0.1) is 5.92 Å². The number of alkyl halides is 3. The van der Waals surface area contributed by atoms with Crippen LogP contribution < -0.4 is 16.0 Å². The average molecular weight is 610 g/mol. The number of carbonyl (C=O) groups excluding carboxylic acids is 2. The summed E-state index contributed by atoms with van der Waals surface area (Å²) in [6, 6.07) is 16.1. The van der Waals surface area contributed by atoms with Crippen molar-refractivity contribution in [3.8, 4) is 0 Å². The van der Waals surface area contributed by atoms with Crippen molar-refractivity contribution < 1.29 is 22.8 Å². The van der Waals surface area contributed by atoms with Crippen molar-refractivity contribution >= 4 is 29.3 Å². The van der Waals surface area contributed by atoms with Gasteiger partial charge in [-0.25, -0.2) is 4.98 Å². The van der Waals surface area contributed by atoms with E-state index in [2.05, 4.69) is 37.9 Å². The third-order valence-corrected chi connectivity index (χ3v) is 8.49. The van der Waals surface area contributed by atoms with Crippen molar-refractivity contribution in [3.05, 3.63) is 77.5 Å². The van der Waals surface area contributed by atoms with Crippen LogP contribution in [0.5, 0.6) is 0 Å². The van der Waals surface area contributed by atoms with Crippen LogP contribution in [0.15, 0.2) is 60.8 Å². The standard InChI is InChI=1S/C32H38F3N7O2/c1-41-16-14-26(15-17-41)42(2)30(44)22-8-11-24(12-9-22)39-31-37-20-27(32(33,34)35)28(40-31)38-25-13-10-23(18-25)29(43)36-19-21-6-4-3-5-7-21/h3-9,11-12,20,23,25-26H,10,13-19H2,1-2H3,(H,36,43)(H2,37,38,39,40)/t23-,25+/m0/s1. The van der Waals surface area contributed by atoms with E-state index in [1.165, 1.54) is 0 Å². The fourth-order valence-corrected chi connectivity index (χ4v) is 5.81. The number of amides is 2. The van der Waals surface area contributed by atoms with Crippen molar-refractivity contribution in [2.24, 2.45) is 5.92 Å². The molecule has 0 unspecified atom stereocenters. The predicted molar refractivity (Wildman–Crippen MR) is 162 cm³/mol. The molecule has 2 aliphatic rings. The van der Waals surface area contributed by atoms with E-state index in [0.717, 1.165) is 37.7 Å². The molecule has 9 nitrogen and oxygen atoms in total. The Morgan fingerprint density at radius 1 is 1.00 bits per heavy atom. The first-order valence-electron chi connectivity index (χ1n) is 14.9. The normalized spacial score (nSPS) is 19.4. The Labute approximate surface area is 255 Å². The number of nitrogens with one attached hydrogen (secondary N) is 3. The van der Waals surface area contributed by atoms with E-state index >= 15 is 0 Å². The van der Waals surface area contributed by atoms with Gasteiger partial charge < -0.3 is 25.8 Å². The van der Waals surface area contributed by atoms with Gasteiger partial charge in [-0.05, 0) is 82.1 Å². The van der Waals surface area contributed by atoms with Crippen molar-refractivity contribution in [2.75, 3.05) is 37.8 Å². The van der Waals surface area contributed by atoms with Gasteiger partial charge in [0, 0.05) is 49.0 Å². The molecule has 1 aromatic heterocycles. The maximum Gasteiger partial charge on any atom is 0.421 e. The molecule has 3 N–H and O–H groups in total. The lowest BCUT2D eigenvalue weighted by molar-refractivity contribution is -0.137. The smallest absolute Gasteiger partial charge is 0.367 e. The minimum absolute atomic E-state index is 0.0156. The molecule has 0 spiro atoms. The first-order chi connectivity index (χ1) is 21.1. The fourth-order valence-electron chi connectivity index (χ4n) is 5.81. The number of hydrogen-bond acceptors (Lipinski definition) is 7. The third-order valence-electron chi connectivity index (χ3n) is 8.49. The van der Waals surface area contributed by atoms with Gasteiger partial charge in [-0.15, -0.1) is 0 Å². The highest BCUT2D eigenvalue weighted by Gasteiger charge is 2.37. The molecule has 44 heavy (non-hydrogen) atoms. The number of halogens is 3.